The van der Waals surface area contributed by atoms with Gasteiger partial charge in [0.25, 0.3) is 12.9 Å². The fourth-order valence-corrected chi connectivity index (χ4v) is 2.91. The number of carbonyl (C=O) groups is 5. The molecule has 0 heterocycles. The van der Waals surface area contributed by atoms with E-state index in [1.807, 2.05) is 0 Å². The van der Waals surface area contributed by atoms with E-state index >= 15 is 0 Å². The molecule has 0 bridgehead atoms. The average Bonchev–Trinajstić information content (AvgIpc) is 2.80. The lowest BCUT2D eigenvalue weighted by Gasteiger charge is -2.27. The molecule has 0 aliphatic carbocycles. The van der Waals surface area contributed by atoms with Gasteiger partial charge in [-0.3, -0.25) is 33.8 Å². The predicted octanol–water partition coefficient (Wildman–Crippen LogP) is -2.29. The van der Waals surface area contributed by atoms with Gasteiger partial charge in [0.2, 0.25) is 5.91 Å². The summed E-state index contributed by atoms with van der Waals surface area (Å²) in [7, 11) is 0. The van der Waals surface area contributed by atoms with Gasteiger partial charge in [-0.2, -0.15) is 4.79 Å². The van der Waals surface area contributed by atoms with Crippen LogP contribution >= 0.6 is 0 Å². The number of ether oxygens (including phenoxy) is 2. The predicted molar refractivity (Wildman–Crippen MR) is 122 cm³/mol. The average molecular weight is 517 g/mol. The normalized spacial score (nSPS) is 10.6. The van der Waals surface area contributed by atoms with Crippen LogP contribution in [0.3, 0.4) is 0 Å². The third-order valence-corrected chi connectivity index (χ3v) is 4.65. The van der Waals surface area contributed by atoms with Crippen LogP contribution < -0.4 is 5.32 Å². The molecule has 36 heavy (non-hydrogen) atoms. The number of rotatable bonds is 23. The first kappa shape index (κ1) is 32.4. The van der Waals surface area contributed by atoms with Crippen LogP contribution in [0.1, 0.15) is 13.3 Å². The molecule has 0 spiro atoms. The lowest BCUT2D eigenvalue weighted by Crippen LogP contribution is -2.46. The van der Waals surface area contributed by atoms with E-state index in [0.29, 0.717) is 18.7 Å². The third-order valence-electron chi connectivity index (χ3n) is 4.65. The standard InChI is InChI=1S/C21H33N5O10/c1-18(2)26(13-27)5-3-4-22-19(30)10-24(12-21(33)34)8-6-23(11-20(31)32)7-9-25(14-35-16-28)15-36-17-29/h16-17H,1,3-12,14-15H2,2H3,(H2-,22,30,31,32,33,34)/p+1. The van der Waals surface area contributed by atoms with Gasteiger partial charge in [-0.25, -0.2) is 4.90 Å². The largest absolute Gasteiger partial charge is 0.480 e. The molecular weight excluding hydrogens is 482 g/mol. The lowest BCUT2D eigenvalue weighted by molar-refractivity contribution is -0.473. The van der Waals surface area contributed by atoms with Crippen molar-refractivity contribution in [3.8, 4) is 0 Å². The van der Waals surface area contributed by atoms with E-state index < -0.39 is 24.4 Å². The van der Waals surface area contributed by atoms with E-state index in [1.54, 1.807) is 13.0 Å². The molecule has 0 aliphatic rings. The molecule has 15 heteroatoms. The molecule has 0 unspecified atom stereocenters. The summed E-state index contributed by atoms with van der Waals surface area (Å²) in [5.74, 6) is -2.70. The molecular formula is C21H34N5O10+. The highest BCUT2D eigenvalue weighted by Crippen LogP contribution is 1.98. The summed E-state index contributed by atoms with van der Waals surface area (Å²) in [6.07, 6.45) is 2.17. The van der Waals surface area contributed by atoms with Gasteiger partial charge in [-0.05, 0) is 6.58 Å². The summed E-state index contributed by atoms with van der Waals surface area (Å²) in [6, 6.07) is 0. The molecule has 0 aromatic rings. The first-order valence-electron chi connectivity index (χ1n) is 10.9. The second kappa shape index (κ2) is 19.6. The number of hydrogen-bond acceptors (Lipinski definition) is 11. The highest BCUT2D eigenvalue weighted by atomic mass is 16.6. The Morgan fingerprint density at radius 2 is 1.42 bits per heavy atom. The molecule has 3 N–H and O–H groups in total. The van der Waals surface area contributed by atoms with Crippen LogP contribution in [0.2, 0.25) is 0 Å². The molecule has 0 fully saturated rings. The molecule has 1 amide bonds. The first-order chi connectivity index (χ1) is 17.1. The Hall–Kier alpha value is -3.65. The van der Waals surface area contributed by atoms with Gasteiger partial charge in [0.15, 0.2) is 12.2 Å². The number of aliphatic carboxylic acids is 2. The van der Waals surface area contributed by atoms with Crippen molar-refractivity contribution >= 4 is 36.9 Å². The SMILES string of the molecule is C=C(C)[N+](=C=O)CCCNC(=O)CN(CCN(CCN(COC=O)COC=O)CC(=O)O)CC(=O)O. The van der Waals surface area contributed by atoms with Crippen molar-refractivity contribution in [2.75, 3.05) is 72.4 Å². The van der Waals surface area contributed by atoms with Crippen molar-refractivity contribution in [1.82, 2.24) is 20.0 Å². The van der Waals surface area contributed by atoms with E-state index in [4.69, 9.17) is 0 Å². The topological polar surface area (TPSA) is 186 Å². The minimum atomic E-state index is -1.16. The molecule has 0 aromatic carbocycles. The van der Waals surface area contributed by atoms with Crippen LogP contribution in [-0.2, 0) is 38.2 Å². The summed E-state index contributed by atoms with van der Waals surface area (Å²) in [5, 5.41) is 21.0. The molecule has 0 radical (unpaired) electrons. The Bertz CT molecular complexity index is 788. The molecule has 0 saturated carbocycles. The smallest absolute Gasteiger partial charge is 0.430 e. The van der Waals surface area contributed by atoms with Crippen LogP contribution in [0, 0.1) is 0 Å². The van der Waals surface area contributed by atoms with Crippen molar-refractivity contribution in [1.29, 1.82) is 0 Å². The summed E-state index contributed by atoms with van der Waals surface area (Å²) < 4.78 is 10.5. The number of carbonyl (C=O) groups excluding carboxylic acids is 4. The highest BCUT2D eigenvalue weighted by molar-refractivity contribution is 5.79. The number of nitrogens with one attached hydrogen (secondary N) is 1. The third kappa shape index (κ3) is 16.9. The second-order valence-corrected chi connectivity index (χ2v) is 7.63. The Morgan fingerprint density at radius 1 is 0.917 bits per heavy atom. The molecule has 0 rings (SSSR count). The number of nitrogens with zero attached hydrogens (tertiary/aromatic N) is 4. The summed E-state index contributed by atoms with van der Waals surface area (Å²) >= 11 is 0. The molecule has 0 aliphatic heterocycles. The van der Waals surface area contributed by atoms with E-state index in [0.717, 1.165) is 0 Å². The van der Waals surface area contributed by atoms with Crippen molar-refractivity contribution < 1.29 is 53.0 Å². The molecule has 0 saturated heterocycles. The van der Waals surface area contributed by atoms with Crippen LogP contribution in [-0.4, -0.2) is 139 Å². The fourth-order valence-electron chi connectivity index (χ4n) is 2.91. The molecule has 15 nitrogen and oxygen atoms in total. The van der Waals surface area contributed by atoms with Crippen LogP contribution in [0.15, 0.2) is 12.3 Å². The van der Waals surface area contributed by atoms with Gasteiger partial charge in [-0.15, -0.1) is 4.58 Å². The molecule has 0 atom stereocenters. The number of carboxylic acid groups (broad SMARTS) is 2. The Morgan fingerprint density at radius 3 is 1.89 bits per heavy atom. The minimum Gasteiger partial charge on any atom is -0.480 e. The zero-order valence-electron chi connectivity index (χ0n) is 20.3. The Kier molecular flexibility index (Phi) is 17.6. The van der Waals surface area contributed by atoms with Gasteiger partial charge in [-0.1, -0.05) is 0 Å². The number of allylic oxidation sites excluding steroid dienone is 1. The van der Waals surface area contributed by atoms with Crippen molar-refractivity contribution in [2.24, 2.45) is 0 Å². The van der Waals surface area contributed by atoms with Gasteiger partial charge in [0.1, 0.15) is 13.5 Å². The maximum Gasteiger partial charge on any atom is 0.430 e. The Labute approximate surface area is 208 Å². The Balaban J connectivity index is 4.88. The van der Waals surface area contributed by atoms with Gasteiger partial charge >= 0.3 is 18.0 Å². The quantitative estimate of drug-likeness (QED) is 0.0329. The van der Waals surface area contributed by atoms with Gasteiger partial charge in [0, 0.05) is 46.1 Å². The zero-order valence-corrected chi connectivity index (χ0v) is 20.3. The highest BCUT2D eigenvalue weighted by Gasteiger charge is 2.18. The molecule has 0 aromatic heterocycles. The van der Waals surface area contributed by atoms with Crippen LogP contribution in [0.25, 0.3) is 0 Å². The first-order valence-corrected chi connectivity index (χ1v) is 10.9. The number of hydrogen-bond donors (Lipinski definition) is 3. The number of amides is 1. The maximum absolute atomic E-state index is 12.3. The fraction of sp³-hybridized carbons (Fsp3) is 0.619. The van der Waals surface area contributed by atoms with Gasteiger partial charge in [0.05, 0.1) is 19.6 Å². The number of carboxylic acids is 2. The van der Waals surface area contributed by atoms with E-state index in [9.17, 15) is 39.0 Å². The van der Waals surface area contributed by atoms with E-state index in [1.165, 1.54) is 19.3 Å². The molecule has 202 valence electrons. The van der Waals surface area contributed by atoms with E-state index in [2.05, 4.69) is 21.4 Å². The van der Waals surface area contributed by atoms with Gasteiger partial charge < -0.3 is 25.0 Å². The van der Waals surface area contributed by atoms with Crippen molar-refractivity contribution in [3.05, 3.63) is 12.3 Å². The summed E-state index contributed by atoms with van der Waals surface area (Å²) in [5.41, 5.74) is 0.519. The summed E-state index contributed by atoms with van der Waals surface area (Å²) in [4.78, 5) is 70.7. The van der Waals surface area contributed by atoms with Crippen LogP contribution in [0.5, 0.6) is 0 Å². The van der Waals surface area contributed by atoms with Crippen LogP contribution in [0.4, 0.5) is 0 Å². The zero-order chi connectivity index (χ0) is 27.3. The lowest BCUT2D eigenvalue weighted by atomic mass is 10.3. The maximum atomic E-state index is 12.3. The van der Waals surface area contributed by atoms with Crippen molar-refractivity contribution in [3.63, 3.8) is 0 Å². The minimum absolute atomic E-state index is 0.0756. The number of isocyanates is 1. The summed E-state index contributed by atoms with van der Waals surface area (Å²) in [6.45, 7) is 5.42. The monoisotopic (exact) mass is 516 g/mol. The van der Waals surface area contributed by atoms with E-state index in [-0.39, 0.29) is 72.2 Å². The van der Waals surface area contributed by atoms with Crippen molar-refractivity contribution in [2.45, 2.75) is 13.3 Å². The second-order valence-electron chi connectivity index (χ2n) is 7.63.